The van der Waals surface area contributed by atoms with Crippen LogP contribution in [0.3, 0.4) is 0 Å². The molecule has 5 heteroatoms. The van der Waals surface area contributed by atoms with E-state index in [0.29, 0.717) is 17.0 Å². The minimum atomic E-state index is 0.373. The lowest BCUT2D eigenvalue weighted by molar-refractivity contribution is 0.593. The SMILES string of the molecule is CCCCCCC(C)Nc1nc(NCCC)ncc1Cl. The molecule has 1 unspecified atom stereocenters. The zero-order valence-electron chi connectivity index (χ0n) is 12.9. The predicted molar refractivity (Wildman–Crippen MR) is 87.7 cm³/mol. The van der Waals surface area contributed by atoms with Gasteiger partial charge < -0.3 is 10.6 Å². The Bertz CT molecular complexity index is 384. The van der Waals surface area contributed by atoms with Gasteiger partial charge in [-0.2, -0.15) is 4.98 Å². The molecule has 1 atom stereocenters. The lowest BCUT2D eigenvalue weighted by atomic mass is 10.1. The molecule has 4 nitrogen and oxygen atoms in total. The van der Waals surface area contributed by atoms with Crippen molar-refractivity contribution in [1.82, 2.24) is 9.97 Å². The average Bonchev–Trinajstić information content (AvgIpc) is 2.44. The van der Waals surface area contributed by atoms with Crippen LogP contribution >= 0.6 is 11.6 Å². The van der Waals surface area contributed by atoms with Crippen LogP contribution < -0.4 is 10.6 Å². The van der Waals surface area contributed by atoms with Gasteiger partial charge in [0.25, 0.3) is 0 Å². The van der Waals surface area contributed by atoms with Crippen LogP contribution in [0.5, 0.6) is 0 Å². The van der Waals surface area contributed by atoms with Crippen molar-refractivity contribution < 1.29 is 0 Å². The minimum absolute atomic E-state index is 0.373. The van der Waals surface area contributed by atoms with Gasteiger partial charge in [0.05, 0.1) is 6.20 Å². The maximum atomic E-state index is 6.14. The average molecular weight is 299 g/mol. The van der Waals surface area contributed by atoms with Gasteiger partial charge in [-0.05, 0) is 19.8 Å². The topological polar surface area (TPSA) is 49.8 Å². The molecule has 0 spiro atoms. The Morgan fingerprint density at radius 2 is 2.00 bits per heavy atom. The second kappa shape index (κ2) is 9.81. The summed E-state index contributed by atoms with van der Waals surface area (Å²) in [7, 11) is 0. The van der Waals surface area contributed by atoms with Crippen molar-refractivity contribution in [2.24, 2.45) is 0 Å². The van der Waals surface area contributed by atoms with E-state index in [4.69, 9.17) is 11.6 Å². The Kier molecular flexibility index (Phi) is 8.35. The van der Waals surface area contributed by atoms with E-state index in [0.717, 1.165) is 25.2 Å². The third kappa shape index (κ3) is 6.42. The Morgan fingerprint density at radius 3 is 2.70 bits per heavy atom. The molecule has 0 aromatic carbocycles. The molecular weight excluding hydrogens is 272 g/mol. The summed E-state index contributed by atoms with van der Waals surface area (Å²) in [6, 6.07) is 0.373. The first-order valence-electron chi connectivity index (χ1n) is 7.70. The highest BCUT2D eigenvalue weighted by molar-refractivity contribution is 6.32. The number of hydrogen-bond acceptors (Lipinski definition) is 4. The highest BCUT2D eigenvalue weighted by Crippen LogP contribution is 2.21. The highest BCUT2D eigenvalue weighted by Gasteiger charge is 2.08. The number of nitrogens with zero attached hydrogens (tertiary/aromatic N) is 2. The van der Waals surface area contributed by atoms with Gasteiger partial charge in [0, 0.05) is 12.6 Å². The maximum absolute atomic E-state index is 6.14. The fourth-order valence-electron chi connectivity index (χ4n) is 1.97. The second-order valence-corrected chi connectivity index (χ2v) is 5.62. The van der Waals surface area contributed by atoms with Crippen molar-refractivity contribution in [1.29, 1.82) is 0 Å². The van der Waals surface area contributed by atoms with Gasteiger partial charge in [0.15, 0.2) is 5.82 Å². The Balaban J connectivity index is 2.48. The number of halogens is 1. The summed E-state index contributed by atoms with van der Waals surface area (Å²) in [5.41, 5.74) is 0. The molecule has 20 heavy (non-hydrogen) atoms. The molecule has 1 aromatic rings. The van der Waals surface area contributed by atoms with Crippen LogP contribution in [-0.4, -0.2) is 22.6 Å². The van der Waals surface area contributed by atoms with Crippen LogP contribution in [0, 0.1) is 0 Å². The summed E-state index contributed by atoms with van der Waals surface area (Å²) >= 11 is 6.14. The van der Waals surface area contributed by atoms with E-state index in [1.54, 1.807) is 6.20 Å². The van der Waals surface area contributed by atoms with Crippen LogP contribution in [0.2, 0.25) is 5.02 Å². The lowest BCUT2D eigenvalue weighted by Gasteiger charge is -2.16. The van der Waals surface area contributed by atoms with Gasteiger partial charge in [0.1, 0.15) is 5.02 Å². The van der Waals surface area contributed by atoms with E-state index >= 15 is 0 Å². The first-order chi connectivity index (χ1) is 9.67. The molecule has 2 N–H and O–H groups in total. The quantitative estimate of drug-likeness (QED) is 0.614. The summed E-state index contributed by atoms with van der Waals surface area (Å²) < 4.78 is 0. The lowest BCUT2D eigenvalue weighted by Crippen LogP contribution is -2.17. The van der Waals surface area contributed by atoms with Crippen molar-refractivity contribution in [3.8, 4) is 0 Å². The molecule has 1 rings (SSSR count). The van der Waals surface area contributed by atoms with Crippen molar-refractivity contribution in [2.75, 3.05) is 17.2 Å². The van der Waals surface area contributed by atoms with Gasteiger partial charge in [-0.15, -0.1) is 0 Å². The zero-order chi connectivity index (χ0) is 14.8. The molecule has 0 aliphatic rings. The predicted octanol–water partition coefficient (Wildman–Crippen LogP) is 4.72. The van der Waals surface area contributed by atoms with Gasteiger partial charge >= 0.3 is 0 Å². The molecule has 0 fully saturated rings. The number of hydrogen-bond donors (Lipinski definition) is 2. The Labute approximate surface area is 127 Å². The molecule has 0 aliphatic heterocycles. The third-order valence-electron chi connectivity index (χ3n) is 3.15. The number of anilines is 2. The van der Waals surface area contributed by atoms with Gasteiger partial charge in [-0.25, -0.2) is 4.98 Å². The normalized spacial score (nSPS) is 12.2. The molecule has 0 amide bonds. The monoisotopic (exact) mass is 298 g/mol. The van der Waals surface area contributed by atoms with E-state index in [9.17, 15) is 0 Å². The minimum Gasteiger partial charge on any atom is -0.366 e. The fraction of sp³-hybridized carbons (Fsp3) is 0.733. The third-order valence-corrected chi connectivity index (χ3v) is 3.43. The number of aromatic nitrogens is 2. The summed E-state index contributed by atoms with van der Waals surface area (Å²) in [6.07, 6.45) is 8.95. The van der Waals surface area contributed by atoms with Crippen molar-refractivity contribution in [3.63, 3.8) is 0 Å². The largest absolute Gasteiger partial charge is 0.366 e. The number of nitrogens with one attached hydrogen (secondary N) is 2. The van der Waals surface area contributed by atoms with E-state index in [1.807, 2.05) is 0 Å². The molecule has 114 valence electrons. The van der Waals surface area contributed by atoms with Crippen LogP contribution in [0.15, 0.2) is 6.20 Å². The first kappa shape index (κ1) is 17.0. The molecule has 0 saturated carbocycles. The van der Waals surface area contributed by atoms with Crippen LogP contribution in [0.25, 0.3) is 0 Å². The van der Waals surface area contributed by atoms with Crippen molar-refractivity contribution in [2.45, 2.75) is 65.3 Å². The molecule has 0 bridgehead atoms. The summed E-state index contributed by atoms with van der Waals surface area (Å²) in [6.45, 7) is 7.38. The highest BCUT2D eigenvalue weighted by atomic mass is 35.5. The molecule has 0 radical (unpaired) electrons. The smallest absolute Gasteiger partial charge is 0.224 e. The number of rotatable bonds is 10. The van der Waals surface area contributed by atoms with Crippen LogP contribution in [0.4, 0.5) is 11.8 Å². The van der Waals surface area contributed by atoms with E-state index < -0.39 is 0 Å². The summed E-state index contributed by atoms with van der Waals surface area (Å²) in [4.78, 5) is 8.60. The van der Waals surface area contributed by atoms with Crippen LogP contribution in [-0.2, 0) is 0 Å². The van der Waals surface area contributed by atoms with E-state index in [1.165, 1.54) is 25.7 Å². The maximum Gasteiger partial charge on any atom is 0.224 e. The van der Waals surface area contributed by atoms with E-state index in [2.05, 4.69) is 41.4 Å². The molecule has 0 saturated heterocycles. The summed E-state index contributed by atoms with van der Waals surface area (Å²) in [5, 5.41) is 7.13. The van der Waals surface area contributed by atoms with Gasteiger partial charge in [-0.1, -0.05) is 51.1 Å². The van der Waals surface area contributed by atoms with E-state index in [-0.39, 0.29) is 0 Å². The summed E-state index contributed by atoms with van der Waals surface area (Å²) in [5.74, 6) is 1.36. The number of unbranched alkanes of at least 4 members (excludes halogenated alkanes) is 3. The van der Waals surface area contributed by atoms with Crippen molar-refractivity contribution in [3.05, 3.63) is 11.2 Å². The Morgan fingerprint density at radius 1 is 1.20 bits per heavy atom. The fourth-order valence-corrected chi connectivity index (χ4v) is 2.12. The molecule has 1 aromatic heterocycles. The standard InChI is InChI=1S/C15H27ClN4/c1-4-6-7-8-9-12(3)19-14-13(16)11-18-15(20-14)17-10-5-2/h11-12H,4-10H2,1-3H3,(H2,17,18,19,20). The van der Waals surface area contributed by atoms with Crippen molar-refractivity contribution >= 4 is 23.4 Å². The second-order valence-electron chi connectivity index (χ2n) is 5.21. The first-order valence-corrected chi connectivity index (χ1v) is 8.08. The molecule has 0 aliphatic carbocycles. The van der Waals surface area contributed by atoms with Crippen LogP contribution in [0.1, 0.15) is 59.3 Å². The molecular formula is C15H27ClN4. The van der Waals surface area contributed by atoms with Gasteiger partial charge in [0.2, 0.25) is 5.95 Å². The zero-order valence-corrected chi connectivity index (χ0v) is 13.6. The van der Waals surface area contributed by atoms with Gasteiger partial charge in [-0.3, -0.25) is 0 Å². The molecule has 1 heterocycles. The Hall–Kier alpha value is -1.03.